The van der Waals surface area contributed by atoms with E-state index in [4.69, 9.17) is 9.47 Å². The zero-order chi connectivity index (χ0) is 24.8. The molecule has 1 aliphatic carbocycles. The van der Waals surface area contributed by atoms with Crippen LogP contribution in [0, 0.1) is 17.6 Å². The van der Waals surface area contributed by atoms with Gasteiger partial charge in [0, 0.05) is 43.4 Å². The topological polar surface area (TPSA) is 79.9 Å². The van der Waals surface area contributed by atoms with Crippen LogP contribution in [0.3, 0.4) is 0 Å². The first-order valence-electron chi connectivity index (χ1n) is 11.9. The first-order chi connectivity index (χ1) is 17.0. The number of piperidine rings is 1. The van der Waals surface area contributed by atoms with Gasteiger partial charge in [0.15, 0.2) is 11.6 Å². The lowest BCUT2D eigenvalue weighted by molar-refractivity contribution is -0.138. The van der Waals surface area contributed by atoms with E-state index in [2.05, 4.69) is 10.6 Å². The molecule has 1 aliphatic heterocycles. The van der Waals surface area contributed by atoms with Crippen LogP contribution in [0.25, 0.3) is 0 Å². The number of rotatable bonds is 10. The summed E-state index contributed by atoms with van der Waals surface area (Å²) in [4.78, 5) is 28.4. The number of para-hydroxylation sites is 1. The number of carbonyl (C=O) groups is 2. The van der Waals surface area contributed by atoms with Crippen molar-refractivity contribution in [1.82, 2.24) is 15.5 Å². The number of hydrogen-bond donors (Lipinski definition) is 2. The van der Waals surface area contributed by atoms with E-state index in [1.54, 1.807) is 7.11 Å². The molecular weight excluding hydrogens is 456 g/mol. The van der Waals surface area contributed by atoms with Crippen LogP contribution < -0.4 is 15.4 Å². The first-order valence-corrected chi connectivity index (χ1v) is 11.9. The average Bonchev–Trinajstić information content (AvgIpc) is 3.70. The number of nitrogens with zero attached hydrogens (tertiary/aromatic N) is 1. The molecule has 0 aromatic heterocycles. The zero-order valence-electron chi connectivity index (χ0n) is 19.8. The number of nitrogens with one attached hydrogen (secondary N) is 2. The Labute approximate surface area is 203 Å². The highest BCUT2D eigenvalue weighted by Crippen LogP contribution is 2.32. The molecule has 1 saturated heterocycles. The Morgan fingerprint density at radius 1 is 1.09 bits per heavy atom. The van der Waals surface area contributed by atoms with Gasteiger partial charge in [0.2, 0.25) is 5.91 Å². The summed E-state index contributed by atoms with van der Waals surface area (Å²) in [7, 11) is 1.61. The molecule has 2 aromatic carbocycles. The fourth-order valence-electron chi connectivity index (χ4n) is 4.36. The molecule has 1 saturated carbocycles. The second kappa shape index (κ2) is 11.6. The van der Waals surface area contributed by atoms with E-state index >= 15 is 0 Å². The van der Waals surface area contributed by atoms with E-state index in [9.17, 15) is 18.4 Å². The third kappa shape index (κ3) is 6.35. The Hall–Kier alpha value is -3.04. The van der Waals surface area contributed by atoms with Crippen molar-refractivity contribution < 1.29 is 27.8 Å². The maximum atomic E-state index is 13.7. The average molecular weight is 488 g/mol. The van der Waals surface area contributed by atoms with E-state index in [0.717, 1.165) is 30.5 Å². The van der Waals surface area contributed by atoms with Crippen molar-refractivity contribution in [1.29, 1.82) is 0 Å². The fourth-order valence-corrected chi connectivity index (χ4v) is 4.36. The van der Waals surface area contributed by atoms with Crippen molar-refractivity contribution in [2.24, 2.45) is 5.92 Å². The van der Waals surface area contributed by atoms with Gasteiger partial charge < -0.3 is 25.0 Å². The lowest BCUT2D eigenvalue weighted by atomic mass is 9.91. The van der Waals surface area contributed by atoms with E-state index in [-0.39, 0.29) is 17.5 Å². The molecule has 2 atom stereocenters. The number of hydrogen-bond acceptors (Lipinski definition) is 5. The molecule has 35 heavy (non-hydrogen) atoms. The zero-order valence-corrected chi connectivity index (χ0v) is 19.8. The minimum atomic E-state index is -1.08. The highest BCUT2D eigenvalue weighted by molar-refractivity contribution is 5.95. The van der Waals surface area contributed by atoms with Crippen molar-refractivity contribution >= 4 is 11.8 Å². The molecule has 0 bridgehead atoms. The van der Waals surface area contributed by atoms with Crippen LogP contribution in [-0.4, -0.2) is 62.2 Å². The Morgan fingerprint density at radius 3 is 2.63 bits per heavy atom. The van der Waals surface area contributed by atoms with Gasteiger partial charge in [-0.25, -0.2) is 8.78 Å². The second-order valence-corrected chi connectivity index (χ2v) is 8.95. The molecule has 4 rings (SSSR count). The molecule has 2 aromatic rings. The summed E-state index contributed by atoms with van der Waals surface area (Å²) in [5.41, 5.74) is 0.935. The summed E-state index contributed by atoms with van der Waals surface area (Å²) in [5, 5.41) is 6.13. The van der Waals surface area contributed by atoms with Gasteiger partial charge in [-0.3, -0.25) is 9.59 Å². The van der Waals surface area contributed by atoms with E-state index in [1.807, 2.05) is 29.2 Å². The van der Waals surface area contributed by atoms with Crippen molar-refractivity contribution in [3.8, 4) is 5.75 Å². The van der Waals surface area contributed by atoms with Crippen LogP contribution >= 0.6 is 0 Å². The first kappa shape index (κ1) is 25.1. The van der Waals surface area contributed by atoms with Crippen molar-refractivity contribution in [2.45, 2.75) is 37.9 Å². The lowest BCUT2D eigenvalue weighted by Crippen LogP contribution is -2.55. The highest BCUT2D eigenvalue weighted by Gasteiger charge is 2.40. The molecule has 0 spiro atoms. The number of halogens is 2. The summed E-state index contributed by atoms with van der Waals surface area (Å²) < 4.78 is 37.8. The van der Waals surface area contributed by atoms with Gasteiger partial charge in [0.1, 0.15) is 12.4 Å². The Morgan fingerprint density at radius 2 is 1.89 bits per heavy atom. The third-order valence-electron chi connectivity index (χ3n) is 6.43. The quantitative estimate of drug-likeness (QED) is 0.504. The third-order valence-corrected chi connectivity index (χ3v) is 6.43. The Bertz CT molecular complexity index is 1050. The molecular formula is C26H31F2N3O4. The molecule has 2 amide bonds. The van der Waals surface area contributed by atoms with Gasteiger partial charge in [0.05, 0.1) is 12.5 Å². The van der Waals surface area contributed by atoms with E-state index < -0.39 is 29.5 Å². The highest BCUT2D eigenvalue weighted by atomic mass is 19.2. The van der Waals surface area contributed by atoms with E-state index in [1.165, 1.54) is 6.07 Å². The Balaban J connectivity index is 1.48. The maximum absolute atomic E-state index is 13.7. The molecule has 2 fully saturated rings. The van der Waals surface area contributed by atoms with Crippen LogP contribution in [0.15, 0.2) is 42.5 Å². The summed E-state index contributed by atoms with van der Waals surface area (Å²) in [6.45, 7) is 2.36. The molecule has 2 aliphatic rings. The van der Waals surface area contributed by atoms with Gasteiger partial charge in [-0.15, -0.1) is 0 Å². The molecule has 188 valence electrons. The summed E-state index contributed by atoms with van der Waals surface area (Å²) in [6.07, 6.45) is 2.43. The number of ether oxygens (including phenoxy) is 2. The largest absolute Gasteiger partial charge is 0.491 e. The number of amides is 2. The monoisotopic (exact) mass is 487 g/mol. The van der Waals surface area contributed by atoms with Crippen LogP contribution in [0.4, 0.5) is 8.78 Å². The van der Waals surface area contributed by atoms with Gasteiger partial charge in [-0.05, 0) is 50.1 Å². The van der Waals surface area contributed by atoms with E-state index in [0.29, 0.717) is 45.0 Å². The van der Waals surface area contributed by atoms with Crippen LogP contribution in [0.2, 0.25) is 0 Å². The van der Waals surface area contributed by atoms with Crippen molar-refractivity contribution in [3.05, 3.63) is 65.2 Å². The molecule has 1 heterocycles. The van der Waals surface area contributed by atoms with Gasteiger partial charge >= 0.3 is 0 Å². The standard InChI is InChI=1S/C26H31F2N3O4/c1-34-12-13-35-24-5-3-2-4-18(24)16-31(19-7-8-19)26(33)20-15-29-11-10-23(20)30-25(32)17-6-9-21(27)22(28)14-17/h2-6,9,14,19-20,23,29H,7-8,10-13,15-16H2,1H3,(H,30,32). The predicted octanol–water partition coefficient (Wildman–Crippen LogP) is 2.89. The molecule has 9 heteroatoms. The molecule has 2 unspecified atom stereocenters. The smallest absolute Gasteiger partial charge is 0.251 e. The lowest BCUT2D eigenvalue weighted by Gasteiger charge is -2.36. The Kier molecular flexibility index (Phi) is 8.30. The normalized spacial score (nSPS) is 19.7. The second-order valence-electron chi connectivity index (χ2n) is 8.95. The molecule has 0 radical (unpaired) electrons. The number of methoxy groups -OCH3 is 1. The predicted molar refractivity (Wildman–Crippen MR) is 126 cm³/mol. The summed E-state index contributed by atoms with van der Waals surface area (Å²) in [6, 6.07) is 10.4. The number of carbonyl (C=O) groups excluding carboxylic acids is 2. The van der Waals surface area contributed by atoms with Crippen molar-refractivity contribution in [2.75, 3.05) is 33.4 Å². The van der Waals surface area contributed by atoms with Gasteiger partial charge in [-0.1, -0.05) is 18.2 Å². The SMILES string of the molecule is COCCOc1ccccc1CN(C(=O)C1CNCCC1NC(=O)c1ccc(F)c(F)c1)C1CC1. The van der Waals surface area contributed by atoms with Crippen LogP contribution in [0.1, 0.15) is 35.2 Å². The summed E-state index contributed by atoms with van der Waals surface area (Å²) in [5.74, 6) is -2.41. The van der Waals surface area contributed by atoms with Gasteiger partial charge in [0.25, 0.3) is 5.91 Å². The van der Waals surface area contributed by atoms with Crippen LogP contribution in [0.5, 0.6) is 5.75 Å². The minimum Gasteiger partial charge on any atom is -0.491 e. The minimum absolute atomic E-state index is 0.0230. The van der Waals surface area contributed by atoms with Gasteiger partial charge in [-0.2, -0.15) is 0 Å². The van der Waals surface area contributed by atoms with Crippen molar-refractivity contribution in [3.63, 3.8) is 0 Å². The molecule has 2 N–H and O–H groups in total. The molecule has 7 nitrogen and oxygen atoms in total. The summed E-state index contributed by atoms with van der Waals surface area (Å²) >= 11 is 0. The number of benzene rings is 2. The fraction of sp³-hybridized carbons (Fsp3) is 0.462. The maximum Gasteiger partial charge on any atom is 0.251 e. The van der Waals surface area contributed by atoms with Crippen LogP contribution in [-0.2, 0) is 16.1 Å².